The van der Waals surface area contributed by atoms with Crippen LogP contribution in [-0.4, -0.2) is 36.0 Å². The molecule has 31 heavy (non-hydrogen) atoms. The molecule has 0 fully saturated rings. The average Bonchev–Trinajstić information content (AvgIpc) is 3.35. The molecule has 4 heterocycles. The van der Waals surface area contributed by atoms with Crippen molar-refractivity contribution in [2.75, 3.05) is 5.73 Å². The normalized spacial score (nSPS) is 12.8. The molecule has 0 saturated heterocycles. The van der Waals surface area contributed by atoms with Crippen LogP contribution < -0.4 is 16.0 Å². The molecule has 11 nitrogen and oxygen atoms in total. The van der Waals surface area contributed by atoms with Crippen molar-refractivity contribution in [3.8, 4) is 11.5 Å². The van der Waals surface area contributed by atoms with E-state index in [-0.39, 0.29) is 21.9 Å². The molecule has 0 aliphatic rings. The maximum atomic E-state index is 12.5. The van der Waals surface area contributed by atoms with E-state index in [9.17, 15) is 4.79 Å². The molecule has 12 heteroatoms. The summed E-state index contributed by atoms with van der Waals surface area (Å²) >= 11 is 6.01. The number of nitrogens with two attached hydrogens (primary N) is 1. The number of hydrogen-bond acceptors (Lipinski definition) is 8. The van der Waals surface area contributed by atoms with E-state index in [0.717, 1.165) is 11.3 Å². The van der Waals surface area contributed by atoms with Crippen LogP contribution in [0.4, 0.5) is 5.82 Å². The van der Waals surface area contributed by atoms with Gasteiger partial charge in [-0.15, -0.1) is 0 Å². The van der Waals surface area contributed by atoms with Gasteiger partial charge in [0.2, 0.25) is 5.82 Å². The monoisotopic (exact) mass is 442 g/mol. The fourth-order valence-corrected chi connectivity index (χ4v) is 3.01. The third-order valence-corrected chi connectivity index (χ3v) is 4.93. The third-order valence-electron chi connectivity index (χ3n) is 4.55. The molecule has 0 spiro atoms. The minimum atomic E-state index is -0.508. The van der Waals surface area contributed by atoms with Crippen LogP contribution >= 0.6 is 11.6 Å². The number of hydrogen-bond donors (Lipinski definition) is 3. The lowest BCUT2D eigenvalue weighted by Gasteiger charge is -2.11. The molecule has 0 aliphatic carbocycles. The average molecular weight is 443 g/mol. The van der Waals surface area contributed by atoms with Gasteiger partial charge in [0.1, 0.15) is 17.2 Å². The van der Waals surface area contributed by atoms with Crippen molar-refractivity contribution < 1.29 is 14.3 Å². The molecule has 4 aromatic heterocycles. The molecule has 5 N–H and O–H groups in total. The molecule has 0 aromatic carbocycles. The zero-order chi connectivity index (χ0) is 22.3. The summed E-state index contributed by atoms with van der Waals surface area (Å²) in [5.41, 5.74) is 7.36. The van der Waals surface area contributed by atoms with Crippen LogP contribution in [0.2, 0.25) is 5.02 Å². The number of imidazole rings is 1. The molecule has 4 aromatic rings. The lowest BCUT2D eigenvalue weighted by atomic mass is 9.96. The van der Waals surface area contributed by atoms with Gasteiger partial charge in [-0.05, 0) is 6.92 Å². The first-order valence-electron chi connectivity index (χ1n) is 9.46. The van der Waals surface area contributed by atoms with Crippen LogP contribution in [-0.2, 0) is 5.41 Å². The standard InChI is InChI=1S/C19H20ClN9O2/c1-8(25-17(30)13-12(20)14(21)24-7-23-13)11-5-9(29-31-11)15-26-10-6-22-18(19(2,3)4)28-16(10)27-15/h5-8H,1-4H3,(H,25,30)(H2,21,23,24)(H,22,26,27,28)/p+1/t8-/m1/s1. The van der Waals surface area contributed by atoms with Crippen LogP contribution in [0.15, 0.2) is 23.1 Å². The van der Waals surface area contributed by atoms with E-state index in [1.54, 1.807) is 19.2 Å². The van der Waals surface area contributed by atoms with Crippen LogP contribution in [0.5, 0.6) is 0 Å². The zero-order valence-electron chi connectivity index (χ0n) is 17.3. The summed E-state index contributed by atoms with van der Waals surface area (Å²) < 4.78 is 5.41. The molecule has 1 atom stereocenters. The van der Waals surface area contributed by atoms with Gasteiger partial charge in [0.25, 0.3) is 11.7 Å². The summed E-state index contributed by atoms with van der Waals surface area (Å²) in [7, 11) is 0. The number of rotatable bonds is 4. The summed E-state index contributed by atoms with van der Waals surface area (Å²) in [6.45, 7) is 7.88. The highest BCUT2D eigenvalue weighted by Crippen LogP contribution is 2.23. The smallest absolute Gasteiger partial charge is 0.303 e. The lowest BCUT2D eigenvalue weighted by Crippen LogP contribution is -2.27. The number of aromatic amines is 2. The third kappa shape index (κ3) is 4.04. The Hall–Kier alpha value is -3.60. The van der Waals surface area contributed by atoms with E-state index in [1.807, 2.05) is 20.8 Å². The summed E-state index contributed by atoms with van der Waals surface area (Å²) in [6.07, 6.45) is 2.90. The molecular weight excluding hydrogens is 422 g/mol. The molecule has 0 aliphatic heterocycles. The van der Waals surface area contributed by atoms with Crippen molar-refractivity contribution in [3.63, 3.8) is 0 Å². The molecule has 0 bridgehead atoms. The second kappa shape index (κ2) is 7.58. The Morgan fingerprint density at radius 2 is 2.10 bits per heavy atom. The van der Waals surface area contributed by atoms with Gasteiger partial charge in [-0.25, -0.2) is 19.9 Å². The second-order valence-electron chi connectivity index (χ2n) is 8.06. The number of halogens is 1. The van der Waals surface area contributed by atoms with Gasteiger partial charge < -0.3 is 15.6 Å². The van der Waals surface area contributed by atoms with E-state index in [2.05, 4.69) is 40.4 Å². The van der Waals surface area contributed by atoms with Gasteiger partial charge >= 0.3 is 5.65 Å². The van der Waals surface area contributed by atoms with Crippen molar-refractivity contribution in [2.45, 2.75) is 39.2 Å². The van der Waals surface area contributed by atoms with E-state index in [0.29, 0.717) is 22.9 Å². The summed E-state index contributed by atoms with van der Waals surface area (Å²) in [5, 5.41) is 6.82. The topological polar surface area (TPSA) is 163 Å². The Labute approximate surface area is 181 Å². The number of carbonyl (C=O) groups excluding carboxylic acids is 1. The Morgan fingerprint density at radius 3 is 2.84 bits per heavy atom. The Bertz CT molecular complexity index is 1280. The van der Waals surface area contributed by atoms with Crippen LogP contribution in [0.25, 0.3) is 22.7 Å². The van der Waals surface area contributed by atoms with Crippen molar-refractivity contribution in [3.05, 3.63) is 40.9 Å². The first kappa shape index (κ1) is 20.7. The largest absolute Gasteiger partial charge is 0.382 e. The Kier molecular flexibility index (Phi) is 5.05. The molecule has 0 radical (unpaired) electrons. The Balaban J connectivity index is 1.55. The van der Waals surface area contributed by atoms with E-state index in [1.165, 1.54) is 6.33 Å². The highest BCUT2D eigenvalue weighted by atomic mass is 35.5. The van der Waals surface area contributed by atoms with Crippen molar-refractivity contribution in [1.82, 2.24) is 35.4 Å². The first-order valence-corrected chi connectivity index (χ1v) is 9.83. The maximum absolute atomic E-state index is 12.5. The molecule has 1 amide bonds. The van der Waals surface area contributed by atoms with Gasteiger partial charge in [0.05, 0.1) is 12.2 Å². The van der Waals surface area contributed by atoms with Crippen LogP contribution in [0.3, 0.4) is 0 Å². The lowest BCUT2D eigenvalue weighted by molar-refractivity contribution is -0.334. The molecular formula is C19H21ClN9O2+. The number of nitrogens with one attached hydrogen (secondary N) is 3. The number of amides is 1. The summed E-state index contributed by atoms with van der Waals surface area (Å²) in [5.74, 6) is 1.30. The fourth-order valence-electron chi connectivity index (χ4n) is 2.83. The maximum Gasteiger partial charge on any atom is 0.303 e. The highest BCUT2D eigenvalue weighted by molar-refractivity contribution is 6.35. The van der Waals surface area contributed by atoms with E-state index < -0.39 is 11.9 Å². The molecule has 0 saturated carbocycles. The SMILES string of the molecule is C[C@@H](NC(=O)c1ncnc(N)c1Cl)c1cc(-c2[nH]c3cnc(C(C)(C)C)nc3[nH+]2)no1. The second-order valence-corrected chi connectivity index (χ2v) is 8.44. The van der Waals surface area contributed by atoms with Crippen LogP contribution in [0.1, 0.15) is 55.8 Å². The van der Waals surface area contributed by atoms with Crippen LogP contribution in [0, 0.1) is 0 Å². The van der Waals surface area contributed by atoms with E-state index >= 15 is 0 Å². The highest BCUT2D eigenvalue weighted by Gasteiger charge is 2.25. The zero-order valence-corrected chi connectivity index (χ0v) is 18.1. The fraction of sp³-hybridized carbons (Fsp3) is 0.316. The van der Waals surface area contributed by atoms with Crippen molar-refractivity contribution in [1.29, 1.82) is 0 Å². The minimum Gasteiger partial charge on any atom is -0.382 e. The number of fused-ring (bicyclic) bond motifs is 1. The first-order chi connectivity index (χ1) is 14.6. The number of anilines is 1. The van der Waals surface area contributed by atoms with Crippen molar-refractivity contribution in [2.24, 2.45) is 0 Å². The van der Waals surface area contributed by atoms with E-state index in [4.69, 9.17) is 21.9 Å². The van der Waals surface area contributed by atoms with Crippen molar-refractivity contribution >= 4 is 34.5 Å². The summed E-state index contributed by atoms with van der Waals surface area (Å²) in [4.78, 5) is 35.5. The summed E-state index contributed by atoms with van der Waals surface area (Å²) in [6, 6.07) is 1.21. The molecule has 0 unspecified atom stereocenters. The predicted octanol–water partition coefficient (Wildman–Crippen LogP) is 2.24. The number of aromatic nitrogens is 7. The van der Waals surface area contributed by atoms with Gasteiger partial charge in [0, 0.05) is 11.5 Å². The van der Waals surface area contributed by atoms with Gasteiger partial charge in [-0.1, -0.05) is 42.5 Å². The Morgan fingerprint density at radius 1 is 1.32 bits per heavy atom. The molecule has 160 valence electrons. The van der Waals surface area contributed by atoms with Gasteiger partial charge in [-0.2, -0.15) is 0 Å². The van der Waals surface area contributed by atoms with Gasteiger partial charge in [0.15, 0.2) is 22.7 Å². The number of carbonyl (C=O) groups is 1. The number of nitrogens with zero attached hydrogens (tertiary/aromatic N) is 5. The predicted molar refractivity (Wildman–Crippen MR) is 112 cm³/mol. The molecule has 4 rings (SSSR count). The number of nitrogen functional groups attached to an aromatic ring is 1. The number of H-pyrrole nitrogens is 2. The van der Waals surface area contributed by atoms with Gasteiger partial charge in [-0.3, -0.25) is 9.78 Å². The minimum absolute atomic E-state index is 0.00568. The quantitative estimate of drug-likeness (QED) is 0.433.